The Hall–Kier alpha value is -2.50. The average Bonchev–Trinajstić information content (AvgIpc) is 2.59. The molecule has 0 spiro atoms. The lowest BCUT2D eigenvalue weighted by Crippen LogP contribution is -2.14. The fourth-order valence-electron chi connectivity index (χ4n) is 2.51. The van der Waals surface area contributed by atoms with Gasteiger partial charge in [0.05, 0.1) is 12.0 Å². The van der Waals surface area contributed by atoms with Gasteiger partial charge in [-0.1, -0.05) is 32.9 Å². The highest BCUT2D eigenvalue weighted by Crippen LogP contribution is 2.42. The van der Waals surface area contributed by atoms with E-state index in [1.807, 2.05) is 40.8 Å². The highest BCUT2D eigenvalue weighted by atomic mass is 19.4. The summed E-state index contributed by atoms with van der Waals surface area (Å²) in [7, 11) is 1.81. The van der Waals surface area contributed by atoms with Crippen LogP contribution in [0.2, 0.25) is 0 Å². The van der Waals surface area contributed by atoms with Gasteiger partial charge in [-0.2, -0.15) is 13.2 Å². The fraction of sp³-hybridized carbons (Fsp3) is 0.409. The summed E-state index contributed by atoms with van der Waals surface area (Å²) in [4.78, 5) is 5.98. The van der Waals surface area contributed by atoms with E-state index in [-0.39, 0.29) is 16.9 Å². The van der Waals surface area contributed by atoms with Crippen molar-refractivity contribution >= 4 is 12.0 Å². The van der Waals surface area contributed by atoms with Crippen LogP contribution in [0.1, 0.15) is 44.4 Å². The van der Waals surface area contributed by atoms with Crippen LogP contribution in [0.3, 0.4) is 0 Å². The third kappa shape index (κ3) is 5.50. The molecule has 0 N–H and O–H groups in total. The number of alkyl halides is 3. The lowest BCUT2D eigenvalue weighted by Gasteiger charge is -2.21. The van der Waals surface area contributed by atoms with Crippen LogP contribution in [-0.4, -0.2) is 24.8 Å². The first-order valence-electron chi connectivity index (χ1n) is 9.16. The smallest absolute Gasteiger partial charge is 0.420 e. The molecule has 0 aliphatic carbocycles. The van der Waals surface area contributed by atoms with Crippen molar-refractivity contribution in [2.24, 2.45) is 4.99 Å². The van der Waals surface area contributed by atoms with E-state index in [2.05, 4.69) is 4.99 Å². The molecule has 0 saturated carbocycles. The first kappa shape index (κ1) is 21.8. The average molecular weight is 392 g/mol. The van der Waals surface area contributed by atoms with E-state index < -0.39 is 11.7 Å². The van der Waals surface area contributed by atoms with Gasteiger partial charge in [-0.05, 0) is 54.7 Å². The third-order valence-electron chi connectivity index (χ3n) is 4.42. The van der Waals surface area contributed by atoms with Crippen molar-refractivity contribution in [1.82, 2.24) is 4.90 Å². The SMILES string of the molecule is CCN(C)C=Nc1cc(C(F)(F)F)c(Oc2cccc(C(C)(C)C)c2)cc1C. The molecule has 28 heavy (non-hydrogen) atoms. The molecular formula is C22H27F3N2O. The largest absolute Gasteiger partial charge is 0.457 e. The molecule has 152 valence electrons. The number of halogens is 3. The number of aryl methyl sites for hydroxylation is 1. The molecule has 2 aromatic rings. The molecular weight excluding hydrogens is 365 g/mol. The van der Waals surface area contributed by atoms with E-state index in [1.165, 1.54) is 12.4 Å². The van der Waals surface area contributed by atoms with E-state index in [0.717, 1.165) is 11.6 Å². The first-order chi connectivity index (χ1) is 12.9. The summed E-state index contributed by atoms with van der Waals surface area (Å²) in [6.45, 7) is 10.5. The number of benzene rings is 2. The lowest BCUT2D eigenvalue weighted by molar-refractivity contribution is -0.138. The van der Waals surface area contributed by atoms with Gasteiger partial charge in [0.2, 0.25) is 0 Å². The molecule has 0 bridgehead atoms. The summed E-state index contributed by atoms with van der Waals surface area (Å²) >= 11 is 0. The first-order valence-corrected chi connectivity index (χ1v) is 9.16. The van der Waals surface area contributed by atoms with Gasteiger partial charge in [-0.15, -0.1) is 0 Å². The van der Waals surface area contributed by atoms with Gasteiger partial charge in [-0.3, -0.25) is 0 Å². The quantitative estimate of drug-likeness (QED) is 0.417. The van der Waals surface area contributed by atoms with Crippen molar-refractivity contribution in [3.05, 3.63) is 53.1 Å². The van der Waals surface area contributed by atoms with E-state index >= 15 is 0 Å². The summed E-state index contributed by atoms with van der Waals surface area (Å²) in [6.07, 6.45) is -3.03. The standard InChI is InChI=1S/C22H27F3N2O/c1-7-27(6)14-26-19-13-18(22(23,24)25)20(11-15(19)2)28-17-10-8-9-16(12-17)21(3,4)5/h8-14H,7H2,1-6H3. The Morgan fingerprint density at radius 1 is 1.11 bits per heavy atom. The second-order valence-electron chi connectivity index (χ2n) is 7.83. The normalized spacial score (nSPS) is 12.5. The Balaban J connectivity index is 2.47. The maximum absolute atomic E-state index is 13.7. The molecule has 3 nitrogen and oxygen atoms in total. The van der Waals surface area contributed by atoms with Crippen LogP contribution in [0.4, 0.5) is 18.9 Å². The Morgan fingerprint density at radius 2 is 1.79 bits per heavy atom. The van der Waals surface area contributed by atoms with Crippen molar-refractivity contribution in [1.29, 1.82) is 0 Å². The number of rotatable bonds is 5. The van der Waals surface area contributed by atoms with Crippen LogP contribution in [0.5, 0.6) is 11.5 Å². The van der Waals surface area contributed by atoms with Crippen LogP contribution in [0.15, 0.2) is 41.4 Å². The Bertz CT molecular complexity index is 852. The fourth-order valence-corrected chi connectivity index (χ4v) is 2.51. The molecule has 0 atom stereocenters. The van der Waals surface area contributed by atoms with Crippen molar-refractivity contribution in [2.45, 2.75) is 46.2 Å². The van der Waals surface area contributed by atoms with Gasteiger partial charge < -0.3 is 9.64 Å². The van der Waals surface area contributed by atoms with Gasteiger partial charge >= 0.3 is 6.18 Å². The van der Waals surface area contributed by atoms with Gasteiger partial charge in [-0.25, -0.2) is 4.99 Å². The number of hydrogen-bond acceptors (Lipinski definition) is 2. The minimum Gasteiger partial charge on any atom is -0.457 e. The molecule has 0 fully saturated rings. The van der Waals surface area contributed by atoms with Crippen LogP contribution in [-0.2, 0) is 11.6 Å². The summed E-state index contributed by atoms with van der Waals surface area (Å²) < 4.78 is 46.6. The van der Waals surface area contributed by atoms with E-state index in [0.29, 0.717) is 17.9 Å². The molecule has 0 aliphatic heterocycles. The van der Waals surface area contributed by atoms with E-state index in [9.17, 15) is 13.2 Å². The summed E-state index contributed by atoms with van der Waals surface area (Å²) in [5.41, 5.74) is 0.885. The van der Waals surface area contributed by atoms with E-state index in [1.54, 1.807) is 30.0 Å². The maximum atomic E-state index is 13.7. The molecule has 0 heterocycles. The second-order valence-corrected chi connectivity index (χ2v) is 7.83. The molecule has 0 radical (unpaired) electrons. The predicted molar refractivity (Wildman–Crippen MR) is 108 cm³/mol. The highest BCUT2D eigenvalue weighted by molar-refractivity contribution is 5.65. The number of ether oxygens (including phenoxy) is 1. The monoisotopic (exact) mass is 392 g/mol. The molecule has 0 saturated heterocycles. The number of nitrogens with zero attached hydrogens (tertiary/aromatic N) is 2. The zero-order chi connectivity index (χ0) is 21.1. The third-order valence-corrected chi connectivity index (χ3v) is 4.42. The van der Waals surface area contributed by atoms with Gasteiger partial charge in [0.1, 0.15) is 17.1 Å². The minimum atomic E-state index is -4.55. The van der Waals surface area contributed by atoms with Crippen LogP contribution in [0, 0.1) is 6.92 Å². The van der Waals surface area contributed by atoms with E-state index in [4.69, 9.17) is 4.74 Å². The predicted octanol–water partition coefficient (Wildman–Crippen LogP) is 6.72. The van der Waals surface area contributed by atoms with Crippen LogP contribution < -0.4 is 4.74 Å². The van der Waals surface area contributed by atoms with Crippen molar-refractivity contribution in [3.8, 4) is 11.5 Å². The Morgan fingerprint density at radius 3 is 2.36 bits per heavy atom. The molecule has 0 amide bonds. The molecule has 2 rings (SSSR count). The molecule has 2 aromatic carbocycles. The van der Waals surface area contributed by atoms with Crippen LogP contribution >= 0.6 is 0 Å². The van der Waals surface area contributed by atoms with Crippen molar-refractivity contribution in [2.75, 3.05) is 13.6 Å². The van der Waals surface area contributed by atoms with Gasteiger partial charge in [0.15, 0.2) is 0 Å². The van der Waals surface area contributed by atoms with Crippen LogP contribution in [0.25, 0.3) is 0 Å². The molecule has 0 aromatic heterocycles. The maximum Gasteiger partial charge on any atom is 0.420 e. The molecule has 0 unspecified atom stereocenters. The Kier molecular flexibility index (Phi) is 6.42. The number of hydrogen-bond donors (Lipinski definition) is 0. The summed E-state index contributed by atoms with van der Waals surface area (Å²) in [5, 5.41) is 0. The number of aliphatic imine (C=N–C) groups is 1. The van der Waals surface area contributed by atoms with Crippen molar-refractivity contribution < 1.29 is 17.9 Å². The van der Waals surface area contributed by atoms with Gasteiger partial charge in [0, 0.05) is 13.6 Å². The highest BCUT2D eigenvalue weighted by Gasteiger charge is 2.35. The topological polar surface area (TPSA) is 24.8 Å². The zero-order valence-corrected chi connectivity index (χ0v) is 17.2. The molecule has 0 aliphatic rings. The summed E-state index contributed by atoms with van der Waals surface area (Å²) in [5.74, 6) is 0.151. The van der Waals surface area contributed by atoms with Crippen molar-refractivity contribution in [3.63, 3.8) is 0 Å². The zero-order valence-electron chi connectivity index (χ0n) is 17.2. The summed E-state index contributed by atoms with van der Waals surface area (Å²) in [6, 6.07) is 9.59. The second kappa shape index (κ2) is 8.25. The van der Waals surface area contributed by atoms with Gasteiger partial charge in [0.25, 0.3) is 0 Å². The lowest BCUT2D eigenvalue weighted by atomic mass is 9.87. The molecule has 6 heteroatoms. The minimum absolute atomic E-state index is 0.133. The Labute approximate surface area is 164 Å².